The number of ether oxygens (including phenoxy) is 5. The van der Waals surface area contributed by atoms with Crippen LogP contribution < -0.4 is 5.73 Å². The third-order valence-corrected chi connectivity index (χ3v) is 13.0. The summed E-state index contributed by atoms with van der Waals surface area (Å²) in [5.74, 6) is -0.892. The van der Waals surface area contributed by atoms with Gasteiger partial charge in [0.05, 0.1) is 42.6 Å². The second-order valence-electron chi connectivity index (χ2n) is 13.8. The fraction of sp³-hybridized carbons (Fsp3) is 0.781. The van der Waals surface area contributed by atoms with Crippen LogP contribution in [0.4, 0.5) is 5.69 Å². The number of nitrogens with two attached hydrogens (primary N) is 1. The van der Waals surface area contributed by atoms with Gasteiger partial charge in [-0.05, 0) is 43.9 Å². The van der Waals surface area contributed by atoms with Crippen LogP contribution in [0, 0.1) is 34.5 Å². The molecule has 10 nitrogen and oxygen atoms in total. The number of fused-ring (bicyclic) bond motifs is 2. The van der Waals surface area contributed by atoms with Crippen molar-refractivity contribution in [2.24, 2.45) is 34.5 Å². The molecule has 0 aromatic heterocycles. The second-order valence-corrected chi connectivity index (χ2v) is 13.8. The van der Waals surface area contributed by atoms with Crippen molar-refractivity contribution in [2.45, 2.75) is 74.3 Å². The number of nitrogens with zero attached hydrogens (tertiary/aromatic N) is 1. The van der Waals surface area contributed by atoms with Gasteiger partial charge in [-0.3, -0.25) is 4.90 Å². The SMILES string of the molecule is CCN1C[C@]2(COC(=O)c3ccccc3N)CC[C@H](OC)C34C1C(O)([C@@H](OC)[C@@H]32)[C@@]1(O)C[C@H](OC)[C@H]2C[C@@H]4[C@@H]1[C@H]2OC. The van der Waals surface area contributed by atoms with E-state index >= 15 is 0 Å². The Labute approximate surface area is 247 Å². The molecule has 1 aromatic rings. The van der Waals surface area contributed by atoms with Crippen LogP contribution >= 0.6 is 0 Å². The molecular weight excluding hydrogens is 540 g/mol. The molecule has 13 atom stereocenters. The number of likely N-dealkylation sites (tertiary alicyclic amines) is 1. The molecule has 4 N–H and O–H groups in total. The Morgan fingerprint density at radius 3 is 2.50 bits per heavy atom. The van der Waals surface area contributed by atoms with Gasteiger partial charge in [-0.25, -0.2) is 4.79 Å². The zero-order valence-electron chi connectivity index (χ0n) is 25.3. The van der Waals surface area contributed by atoms with Gasteiger partial charge in [0.25, 0.3) is 0 Å². The van der Waals surface area contributed by atoms with Crippen molar-refractivity contribution < 1.29 is 38.7 Å². The zero-order valence-corrected chi connectivity index (χ0v) is 25.3. The number of nitrogen functional groups attached to an aromatic ring is 1. The lowest BCUT2D eigenvalue weighted by atomic mass is 9.42. The summed E-state index contributed by atoms with van der Waals surface area (Å²) in [5, 5.41) is 26.3. The third-order valence-electron chi connectivity index (χ3n) is 13.0. The molecule has 232 valence electrons. The summed E-state index contributed by atoms with van der Waals surface area (Å²) < 4.78 is 31.1. The van der Waals surface area contributed by atoms with E-state index in [0.29, 0.717) is 30.8 Å². The molecule has 6 fully saturated rings. The van der Waals surface area contributed by atoms with Gasteiger partial charge in [-0.15, -0.1) is 0 Å². The van der Waals surface area contributed by atoms with Gasteiger partial charge in [-0.2, -0.15) is 0 Å². The predicted molar refractivity (Wildman–Crippen MR) is 153 cm³/mol. The first-order chi connectivity index (χ1) is 20.1. The summed E-state index contributed by atoms with van der Waals surface area (Å²) in [6.45, 7) is 3.54. The number of para-hydroxylation sites is 1. The highest BCUT2D eigenvalue weighted by molar-refractivity contribution is 5.95. The van der Waals surface area contributed by atoms with Crippen molar-refractivity contribution in [1.82, 2.24) is 4.90 Å². The molecule has 7 bridgehead atoms. The van der Waals surface area contributed by atoms with E-state index in [9.17, 15) is 15.0 Å². The molecule has 5 saturated carbocycles. The van der Waals surface area contributed by atoms with Crippen LogP contribution in [0.1, 0.15) is 43.0 Å². The minimum atomic E-state index is -1.62. The number of benzene rings is 1. The highest BCUT2D eigenvalue weighted by Crippen LogP contribution is 2.80. The van der Waals surface area contributed by atoms with Crippen LogP contribution in [0.3, 0.4) is 0 Å². The number of anilines is 1. The molecule has 1 aromatic carbocycles. The van der Waals surface area contributed by atoms with Crippen LogP contribution in [0.25, 0.3) is 0 Å². The second kappa shape index (κ2) is 9.60. The van der Waals surface area contributed by atoms with Gasteiger partial charge in [0.15, 0.2) is 0 Å². The van der Waals surface area contributed by atoms with Crippen LogP contribution in [0.2, 0.25) is 0 Å². The molecule has 5 aliphatic carbocycles. The first-order valence-corrected chi connectivity index (χ1v) is 15.5. The number of methoxy groups -OCH3 is 4. The molecule has 1 spiro atoms. The topological polar surface area (TPSA) is 133 Å². The number of likely N-dealkylation sites (N-methyl/N-ethyl adjacent to an activating group) is 1. The van der Waals surface area contributed by atoms with Crippen molar-refractivity contribution in [3.8, 4) is 0 Å². The van der Waals surface area contributed by atoms with Gasteiger partial charge in [-0.1, -0.05) is 19.1 Å². The van der Waals surface area contributed by atoms with Crippen LogP contribution in [-0.2, 0) is 23.7 Å². The van der Waals surface area contributed by atoms with E-state index in [1.165, 1.54) is 0 Å². The summed E-state index contributed by atoms with van der Waals surface area (Å²) in [6, 6.07) is 6.55. The number of hydrogen-bond donors (Lipinski definition) is 3. The normalized spacial score (nSPS) is 50.1. The monoisotopic (exact) mass is 586 g/mol. The zero-order chi connectivity index (χ0) is 29.8. The van der Waals surface area contributed by atoms with E-state index < -0.39 is 40.1 Å². The quantitative estimate of drug-likeness (QED) is 0.306. The van der Waals surface area contributed by atoms with Crippen LogP contribution in [0.15, 0.2) is 24.3 Å². The number of piperidine rings is 1. The maximum Gasteiger partial charge on any atom is 0.340 e. The molecule has 1 saturated heterocycles. The maximum atomic E-state index is 13.4. The van der Waals surface area contributed by atoms with Gasteiger partial charge in [0.2, 0.25) is 0 Å². The van der Waals surface area contributed by atoms with E-state index in [1.807, 2.05) is 0 Å². The Hall–Kier alpha value is -1.79. The number of aliphatic hydroxyl groups is 2. The first-order valence-electron chi connectivity index (χ1n) is 15.5. The van der Waals surface area contributed by atoms with Crippen molar-refractivity contribution in [2.75, 3.05) is 53.9 Å². The van der Waals surface area contributed by atoms with Crippen LogP contribution in [0.5, 0.6) is 0 Å². The highest BCUT2D eigenvalue weighted by Gasteiger charge is 2.91. The van der Waals surface area contributed by atoms with Gasteiger partial charge >= 0.3 is 5.97 Å². The molecular formula is C32H46N2O8. The molecule has 0 radical (unpaired) electrons. The Bertz CT molecular complexity index is 1250. The molecule has 42 heavy (non-hydrogen) atoms. The summed E-state index contributed by atoms with van der Waals surface area (Å²) >= 11 is 0. The molecule has 3 unspecified atom stereocenters. The Balaban J connectivity index is 1.41. The highest BCUT2D eigenvalue weighted by atomic mass is 16.5. The van der Waals surface area contributed by atoms with Crippen molar-refractivity contribution >= 4 is 11.7 Å². The molecule has 0 amide bonds. The van der Waals surface area contributed by atoms with E-state index in [4.69, 9.17) is 29.4 Å². The van der Waals surface area contributed by atoms with E-state index in [2.05, 4.69) is 11.8 Å². The minimum absolute atomic E-state index is 0.00697. The predicted octanol–water partition coefficient (Wildman–Crippen LogP) is 1.72. The lowest BCUT2D eigenvalue weighted by Crippen LogP contribution is -2.82. The number of esters is 1. The number of carbonyl (C=O) groups is 1. The number of carbonyl (C=O) groups excluding carboxylic acids is 1. The number of rotatable bonds is 8. The van der Waals surface area contributed by atoms with Gasteiger partial charge < -0.3 is 39.6 Å². The minimum Gasteiger partial charge on any atom is -0.461 e. The molecule has 6 aliphatic rings. The van der Waals surface area contributed by atoms with Crippen molar-refractivity contribution in [3.05, 3.63) is 29.8 Å². The molecule has 1 heterocycles. The first kappa shape index (κ1) is 29.0. The average Bonchev–Trinajstić information content (AvgIpc) is 3.41. The maximum absolute atomic E-state index is 13.4. The lowest BCUT2D eigenvalue weighted by molar-refractivity contribution is -0.320. The molecule has 1 aliphatic heterocycles. The van der Waals surface area contributed by atoms with Crippen molar-refractivity contribution in [1.29, 1.82) is 0 Å². The van der Waals surface area contributed by atoms with Crippen LogP contribution in [-0.4, -0.2) is 111 Å². The average molecular weight is 587 g/mol. The fourth-order valence-corrected chi connectivity index (χ4v) is 12.0. The third kappa shape index (κ3) is 3.12. The van der Waals surface area contributed by atoms with Gasteiger partial charge in [0, 0.05) is 75.7 Å². The standard InChI is InChI=1S/C32H46N2O8/c1-6-34-15-29(16-42-27(35)17-9-7-8-10-20(17)33)12-11-22(39-3)31-19-13-18-21(38-2)14-30(36,23(19)24(18)40-4)32(37,28(31)34)26(41-5)25(29)31/h7-10,18-19,21-26,28,36-37H,6,11-16,33H2,1-5H3/t18-,19-,21+,22+,23-,24+,25-,26+,28?,29+,30-,31?,32?/m1/s1. The van der Waals surface area contributed by atoms with E-state index in [0.717, 1.165) is 19.3 Å². The Morgan fingerprint density at radius 2 is 1.86 bits per heavy atom. The fourth-order valence-electron chi connectivity index (χ4n) is 12.0. The molecule has 7 rings (SSSR count). The number of hydrogen-bond acceptors (Lipinski definition) is 10. The van der Waals surface area contributed by atoms with Gasteiger partial charge in [0.1, 0.15) is 11.2 Å². The Kier molecular flexibility index (Phi) is 6.62. The largest absolute Gasteiger partial charge is 0.461 e. The lowest BCUT2D eigenvalue weighted by Gasteiger charge is -2.70. The Morgan fingerprint density at radius 1 is 1.10 bits per heavy atom. The summed E-state index contributed by atoms with van der Waals surface area (Å²) in [4.78, 5) is 15.7. The smallest absolute Gasteiger partial charge is 0.340 e. The van der Waals surface area contributed by atoms with E-state index in [-0.39, 0.29) is 48.6 Å². The summed E-state index contributed by atoms with van der Waals surface area (Å²) in [7, 11) is 6.80. The van der Waals surface area contributed by atoms with E-state index in [1.54, 1.807) is 52.7 Å². The summed E-state index contributed by atoms with van der Waals surface area (Å²) in [5.41, 5.74) is 2.65. The summed E-state index contributed by atoms with van der Waals surface area (Å²) in [6.07, 6.45) is 1.22. The molecule has 10 heteroatoms. The van der Waals surface area contributed by atoms with Crippen molar-refractivity contribution in [3.63, 3.8) is 0 Å².